The molecule has 0 saturated carbocycles. The van der Waals surface area contributed by atoms with E-state index in [4.69, 9.17) is 4.74 Å². The van der Waals surface area contributed by atoms with Crippen molar-refractivity contribution in [2.45, 2.75) is 18.9 Å². The quantitative estimate of drug-likeness (QED) is 0.788. The maximum Gasteiger partial charge on any atom is 0.236 e. The lowest BCUT2D eigenvalue weighted by Crippen LogP contribution is -2.45. The molecule has 0 radical (unpaired) electrons. The minimum Gasteiger partial charge on any atom is -0.473 e. The Labute approximate surface area is 113 Å². The molecule has 1 aromatic rings. The Morgan fingerprint density at radius 2 is 2.16 bits per heavy atom. The van der Waals surface area contributed by atoms with E-state index in [0.717, 1.165) is 25.9 Å². The van der Waals surface area contributed by atoms with E-state index >= 15 is 0 Å². The van der Waals surface area contributed by atoms with Gasteiger partial charge in [-0.2, -0.15) is 0 Å². The molecule has 1 aliphatic rings. The normalized spacial score (nSPS) is 16.7. The summed E-state index contributed by atoms with van der Waals surface area (Å²) in [6.07, 6.45) is 6.66. The Hall–Kier alpha value is -1.69. The molecule has 0 N–H and O–H groups in total. The Kier molecular flexibility index (Phi) is 4.68. The van der Waals surface area contributed by atoms with Crippen LogP contribution in [0.5, 0.6) is 5.88 Å². The van der Waals surface area contributed by atoms with Gasteiger partial charge in [0.25, 0.3) is 0 Å². The first-order valence-corrected chi connectivity index (χ1v) is 6.50. The molecule has 0 spiro atoms. The Morgan fingerprint density at radius 1 is 1.42 bits per heavy atom. The van der Waals surface area contributed by atoms with Crippen molar-refractivity contribution >= 4 is 5.91 Å². The first-order valence-electron chi connectivity index (χ1n) is 6.50. The van der Waals surface area contributed by atoms with Gasteiger partial charge in [0.15, 0.2) is 0 Å². The number of likely N-dealkylation sites (tertiary alicyclic amines) is 1. The first-order chi connectivity index (χ1) is 9.15. The number of hydrogen-bond donors (Lipinski definition) is 0. The van der Waals surface area contributed by atoms with E-state index in [0.29, 0.717) is 12.4 Å². The van der Waals surface area contributed by atoms with Crippen molar-refractivity contribution in [2.75, 3.05) is 33.7 Å². The number of ether oxygens (including phenoxy) is 1. The second-order valence-electron chi connectivity index (χ2n) is 4.98. The van der Waals surface area contributed by atoms with Crippen LogP contribution in [-0.4, -0.2) is 65.5 Å². The number of amides is 1. The predicted octanol–water partition coefficient (Wildman–Crippen LogP) is 0.408. The number of hydrogen-bond acceptors (Lipinski definition) is 5. The highest BCUT2D eigenvalue weighted by Crippen LogP contribution is 2.16. The van der Waals surface area contributed by atoms with Gasteiger partial charge >= 0.3 is 0 Å². The smallest absolute Gasteiger partial charge is 0.236 e. The van der Waals surface area contributed by atoms with E-state index in [-0.39, 0.29) is 12.0 Å². The van der Waals surface area contributed by atoms with Gasteiger partial charge in [0.1, 0.15) is 6.10 Å². The molecule has 2 rings (SSSR count). The maximum absolute atomic E-state index is 11.9. The average molecular weight is 264 g/mol. The number of piperidine rings is 1. The van der Waals surface area contributed by atoms with Crippen LogP contribution in [0.2, 0.25) is 0 Å². The molecular formula is C13H20N4O2. The van der Waals surface area contributed by atoms with Gasteiger partial charge in [0.2, 0.25) is 11.8 Å². The van der Waals surface area contributed by atoms with Crippen molar-refractivity contribution in [3.05, 3.63) is 18.6 Å². The van der Waals surface area contributed by atoms with Crippen molar-refractivity contribution in [2.24, 2.45) is 0 Å². The fourth-order valence-electron chi connectivity index (χ4n) is 2.11. The zero-order valence-electron chi connectivity index (χ0n) is 11.5. The number of nitrogens with zero attached hydrogens (tertiary/aromatic N) is 4. The van der Waals surface area contributed by atoms with Crippen LogP contribution in [0.3, 0.4) is 0 Å². The third-order valence-corrected chi connectivity index (χ3v) is 3.07. The highest BCUT2D eigenvalue weighted by molar-refractivity contribution is 5.78. The molecule has 104 valence electrons. The fraction of sp³-hybridized carbons (Fsp3) is 0.615. The summed E-state index contributed by atoms with van der Waals surface area (Å²) in [5.41, 5.74) is 0. The van der Waals surface area contributed by atoms with Crippen LogP contribution in [-0.2, 0) is 4.79 Å². The van der Waals surface area contributed by atoms with Gasteiger partial charge in [-0.1, -0.05) is 0 Å². The average Bonchev–Trinajstić information content (AvgIpc) is 2.40. The predicted molar refractivity (Wildman–Crippen MR) is 70.8 cm³/mol. The fourth-order valence-corrected chi connectivity index (χ4v) is 2.11. The summed E-state index contributed by atoms with van der Waals surface area (Å²) in [6.45, 7) is 1.96. The lowest BCUT2D eigenvalue weighted by atomic mass is 10.1. The molecule has 6 heteroatoms. The minimum absolute atomic E-state index is 0.125. The lowest BCUT2D eigenvalue weighted by Gasteiger charge is -2.32. The van der Waals surface area contributed by atoms with Crippen LogP contribution >= 0.6 is 0 Å². The van der Waals surface area contributed by atoms with Gasteiger partial charge in [-0.3, -0.25) is 9.78 Å². The van der Waals surface area contributed by atoms with Crippen LogP contribution in [0.4, 0.5) is 0 Å². The Balaban J connectivity index is 1.78. The molecule has 0 unspecified atom stereocenters. The zero-order valence-corrected chi connectivity index (χ0v) is 11.5. The van der Waals surface area contributed by atoms with Crippen LogP contribution < -0.4 is 4.74 Å². The van der Waals surface area contributed by atoms with E-state index < -0.39 is 0 Å². The van der Waals surface area contributed by atoms with E-state index in [1.54, 1.807) is 18.6 Å². The summed E-state index contributed by atoms with van der Waals surface area (Å²) in [4.78, 5) is 23.8. The number of carbonyl (C=O) groups excluding carboxylic acids is 1. The van der Waals surface area contributed by atoms with Crippen LogP contribution in [0.1, 0.15) is 12.8 Å². The molecule has 1 fully saturated rings. The van der Waals surface area contributed by atoms with Crippen molar-refractivity contribution in [1.82, 2.24) is 19.8 Å². The molecule has 19 heavy (non-hydrogen) atoms. The van der Waals surface area contributed by atoms with Crippen molar-refractivity contribution < 1.29 is 9.53 Å². The third-order valence-electron chi connectivity index (χ3n) is 3.07. The molecule has 2 heterocycles. The molecular weight excluding hydrogens is 244 g/mol. The highest BCUT2D eigenvalue weighted by atomic mass is 16.5. The largest absolute Gasteiger partial charge is 0.473 e. The van der Waals surface area contributed by atoms with Gasteiger partial charge < -0.3 is 14.5 Å². The monoisotopic (exact) mass is 264 g/mol. The standard InChI is InChI=1S/C13H20N4O2/c1-16(2)10-13(18)17-7-3-11(4-8-17)19-12-9-14-5-6-15-12/h5-6,9,11H,3-4,7-8,10H2,1-2H3. The second kappa shape index (κ2) is 6.47. The number of rotatable bonds is 4. The highest BCUT2D eigenvalue weighted by Gasteiger charge is 2.24. The van der Waals surface area contributed by atoms with Crippen molar-refractivity contribution in [3.63, 3.8) is 0 Å². The van der Waals surface area contributed by atoms with Gasteiger partial charge in [-0.15, -0.1) is 0 Å². The zero-order chi connectivity index (χ0) is 13.7. The van der Waals surface area contributed by atoms with E-state index in [1.807, 2.05) is 23.9 Å². The third kappa shape index (κ3) is 4.17. The van der Waals surface area contributed by atoms with Gasteiger partial charge in [0.05, 0.1) is 12.7 Å². The van der Waals surface area contributed by atoms with E-state index in [1.165, 1.54) is 0 Å². The van der Waals surface area contributed by atoms with E-state index in [2.05, 4.69) is 9.97 Å². The molecule has 0 bridgehead atoms. The molecule has 1 saturated heterocycles. The van der Waals surface area contributed by atoms with Gasteiger partial charge in [-0.05, 0) is 14.1 Å². The Bertz CT molecular complexity index is 402. The molecule has 0 aliphatic carbocycles. The second-order valence-corrected chi connectivity index (χ2v) is 4.98. The molecule has 6 nitrogen and oxygen atoms in total. The SMILES string of the molecule is CN(C)CC(=O)N1CCC(Oc2cnccn2)CC1. The van der Waals surface area contributed by atoms with E-state index in [9.17, 15) is 4.79 Å². The summed E-state index contributed by atoms with van der Waals surface area (Å²) >= 11 is 0. The first kappa shape index (κ1) is 13.7. The summed E-state index contributed by atoms with van der Waals surface area (Å²) in [5.74, 6) is 0.739. The molecule has 1 amide bonds. The van der Waals surface area contributed by atoms with Gasteiger partial charge in [0, 0.05) is 38.3 Å². The topological polar surface area (TPSA) is 58.6 Å². The molecule has 0 atom stereocenters. The summed E-state index contributed by atoms with van der Waals surface area (Å²) in [7, 11) is 3.81. The minimum atomic E-state index is 0.125. The number of carbonyl (C=O) groups is 1. The Morgan fingerprint density at radius 3 is 2.74 bits per heavy atom. The summed E-state index contributed by atoms with van der Waals surface area (Å²) in [6, 6.07) is 0. The molecule has 1 aromatic heterocycles. The molecule has 1 aliphatic heterocycles. The van der Waals surface area contributed by atoms with Gasteiger partial charge in [-0.25, -0.2) is 4.98 Å². The van der Waals surface area contributed by atoms with Crippen LogP contribution in [0.15, 0.2) is 18.6 Å². The maximum atomic E-state index is 11.9. The number of likely N-dealkylation sites (N-methyl/N-ethyl adjacent to an activating group) is 1. The molecule has 0 aromatic carbocycles. The summed E-state index contributed by atoms with van der Waals surface area (Å²) < 4.78 is 5.74. The van der Waals surface area contributed by atoms with Crippen molar-refractivity contribution in [1.29, 1.82) is 0 Å². The number of aromatic nitrogens is 2. The van der Waals surface area contributed by atoms with Crippen molar-refractivity contribution in [3.8, 4) is 5.88 Å². The van der Waals surface area contributed by atoms with Crippen LogP contribution in [0, 0.1) is 0 Å². The lowest BCUT2D eigenvalue weighted by molar-refractivity contribution is -0.133. The van der Waals surface area contributed by atoms with Crippen LogP contribution in [0.25, 0.3) is 0 Å². The summed E-state index contributed by atoms with van der Waals surface area (Å²) in [5, 5.41) is 0.